The Morgan fingerprint density at radius 1 is 1.10 bits per heavy atom. The van der Waals surface area contributed by atoms with Crippen molar-refractivity contribution in [3.63, 3.8) is 0 Å². The molecule has 2 aromatic carbocycles. The number of halogens is 3. The summed E-state index contributed by atoms with van der Waals surface area (Å²) in [5.74, 6) is 0.553. The Kier molecular flexibility index (Phi) is 5.64. The molecule has 0 saturated heterocycles. The lowest BCUT2D eigenvalue weighted by atomic mass is 10.1. The van der Waals surface area contributed by atoms with Crippen molar-refractivity contribution < 1.29 is 22.5 Å². The second kappa shape index (κ2) is 8.00. The van der Waals surface area contributed by atoms with E-state index in [4.69, 9.17) is 4.42 Å². The van der Waals surface area contributed by atoms with Crippen LogP contribution in [0.1, 0.15) is 30.0 Å². The molecule has 1 aromatic heterocycles. The topological polar surface area (TPSA) is 85.3 Å². The molecule has 7 nitrogen and oxygen atoms in total. The van der Waals surface area contributed by atoms with Crippen LogP contribution in [0.5, 0.6) is 0 Å². The van der Waals surface area contributed by atoms with Gasteiger partial charge in [0.2, 0.25) is 11.8 Å². The van der Waals surface area contributed by atoms with E-state index in [0.717, 1.165) is 12.1 Å². The molecule has 0 aliphatic heterocycles. The monoisotopic (exact) mass is 406 g/mol. The molecule has 0 amide bonds. The van der Waals surface area contributed by atoms with Gasteiger partial charge in [-0.3, -0.25) is 15.0 Å². The van der Waals surface area contributed by atoms with Crippen molar-refractivity contribution in [2.45, 2.75) is 25.7 Å². The number of nitrogens with zero attached hydrogens (tertiary/aromatic N) is 4. The fraction of sp³-hybridized carbons (Fsp3) is 0.263. The van der Waals surface area contributed by atoms with E-state index in [1.165, 1.54) is 36.4 Å². The average Bonchev–Trinajstić information content (AvgIpc) is 3.17. The molecule has 0 radical (unpaired) electrons. The summed E-state index contributed by atoms with van der Waals surface area (Å²) < 4.78 is 43.7. The van der Waals surface area contributed by atoms with E-state index >= 15 is 0 Å². The quantitative estimate of drug-likeness (QED) is 0.429. The molecule has 152 valence electrons. The molecule has 0 fully saturated rings. The van der Waals surface area contributed by atoms with Gasteiger partial charge in [-0.25, -0.2) is 0 Å². The highest BCUT2D eigenvalue weighted by Gasteiger charge is 2.30. The van der Waals surface area contributed by atoms with Crippen LogP contribution in [0.15, 0.2) is 52.9 Å². The number of alkyl halides is 3. The number of aromatic nitrogens is 2. The molecule has 0 N–H and O–H groups in total. The van der Waals surface area contributed by atoms with Crippen molar-refractivity contribution in [3.05, 3.63) is 75.7 Å². The first-order valence-corrected chi connectivity index (χ1v) is 8.60. The van der Waals surface area contributed by atoms with Crippen molar-refractivity contribution in [2.24, 2.45) is 0 Å². The van der Waals surface area contributed by atoms with E-state index in [0.29, 0.717) is 23.6 Å². The molecule has 0 spiro atoms. The van der Waals surface area contributed by atoms with E-state index in [2.05, 4.69) is 10.2 Å². The van der Waals surface area contributed by atoms with E-state index in [9.17, 15) is 23.3 Å². The fourth-order valence-electron chi connectivity index (χ4n) is 2.66. The molecule has 10 heteroatoms. The predicted molar refractivity (Wildman–Crippen MR) is 97.7 cm³/mol. The summed E-state index contributed by atoms with van der Waals surface area (Å²) in [4.78, 5) is 12.1. The summed E-state index contributed by atoms with van der Waals surface area (Å²) in [5, 5.41) is 18.7. The van der Waals surface area contributed by atoms with Gasteiger partial charge in [-0.1, -0.05) is 12.1 Å². The second-order valence-corrected chi connectivity index (χ2v) is 6.54. The van der Waals surface area contributed by atoms with E-state index in [1.807, 2.05) is 11.8 Å². The Bertz CT molecular complexity index is 985. The van der Waals surface area contributed by atoms with Gasteiger partial charge in [0.05, 0.1) is 16.5 Å². The van der Waals surface area contributed by atoms with Gasteiger partial charge in [0.1, 0.15) is 0 Å². The molecular weight excluding hydrogens is 389 g/mol. The van der Waals surface area contributed by atoms with Gasteiger partial charge in [0.15, 0.2) is 0 Å². The van der Waals surface area contributed by atoms with Crippen LogP contribution in [0.3, 0.4) is 0 Å². The summed E-state index contributed by atoms with van der Waals surface area (Å²) >= 11 is 0. The normalized spacial score (nSPS) is 12.9. The van der Waals surface area contributed by atoms with Crippen LogP contribution in [-0.4, -0.2) is 27.1 Å². The van der Waals surface area contributed by atoms with Gasteiger partial charge in [0, 0.05) is 24.2 Å². The van der Waals surface area contributed by atoms with Gasteiger partial charge in [-0.2, -0.15) is 13.2 Å². The number of nitro benzene ring substituents is 1. The highest BCUT2D eigenvalue weighted by molar-refractivity contribution is 5.55. The smallest absolute Gasteiger partial charge is 0.416 e. The Balaban J connectivity index is 1.68. The van der Waals surface area contributed by atoms with Crippen LogP contribution in [0, 0.1) is 10.1 Å². The number of rotatable bonds is 6. The summed E-state index contributed by atoms with van der Waals surface area (Å²) in [5.41, 5.74) is 0.522. The zero-order chi connectivity index (χ0) is 21.2. The number of benzene rings is 2. The maximum atomic E-state index is 12.7. The zero-order valence-electron chi connectivity index (χ0n) is 15.6. The fourth-order valence-corrected chi connectivity index (χ4v) is 2.66. The standard InChI is InChI=1S/C19H17F3N4O3/c1-12(25(2)11-13-3-7-15(8-4-13)19(20,21)22)17-23-24-18(29-17)14-5-9-16(10-6-14)26(27)28/h3-10,12H,11H2,1-2H3/t12-/m1/s1. The minimum Gasteiger partial charge on any atom is -0.419 e. The first-order chi connectivity index (χ1) is 13.6. The first-order valence-electron chi connectivity index (χ1n) is 8.60. The molecule has 0 unspecified atom stereocenters. The molecule has 1 atom stereocenters. The first kappa shape index (κ1) is 20.5. The van der Waals surface area contributed by atoms with E-state index < -0.39 is 16.7 Å². The Hall–Kier alpha value is -3.27. The highest BCUT2D eigenvalue weighted by Crippen LogP contribution is 2.30. The van der Waals surface area contributed by atoms with Crippen LogP contribution < -0.4 is 0 Å². The van der Waals surface area contributed by atoms with Crippen LogP contribution in [0.2, 0.25) is 0 Å². The third kappa shape index (κ3) is 4.77. The lowest BCUT2D eigenvalue weighted by molar-refractivity contribution is -0.384. The Labute approximate surface area is 163 Å². The van der Waals surface area contributed by atoms with Gasteiger partial charge >= 0.3 is 6.18 Å². The maximum Gasteiger partial charge on any atom is 0.416 e. The molecule has 3 aromatic rings. The van der Waals surface area contributed by atoms with Crippen molar-refractivity contribution >= 4 is 5.69 Å². The molecule has 0 saturated carbocycles. The third-order valence-electron chi connectivity index (χ3n) is 4.50. The van der Waals surface area contributed by atoms with Crippen molar-refractivity contribution in [1.82, 2.24) is 15.1 Å². The van der Waals surface area contributed by atoms with Crippen LogP contribution in [0.4, 0.5) is 18.9 Å². The zero-order valence-corrected chi connectivity index (χ0v) is 15.6. The summed E-state index contributed by atoms with van der Waals surface area (Å²) in [6.45, 7) is 2.21. The third-order valence-corrected chi connectivity index (χ3v) is 4.50. The number of hydrogen-bond acceptors (Lipinski definition) is 6. The van der Waals surface area contributed by atoms with Crippen molar-refractivity contribution in [3.8, 4) is 11.5 Å². The number of nitro groups is 1. The largest absolute Gasteiger partial charge is 0.419 e. The predicted octanol–water partition coefficient (Wildman–Crippen LogP) is 4.86. The number of hydrogen-bond donors (Lipinski definition) is 0. The molecule has 29 heavy (non-hydrogen) atoms. The van der Waals surface area contributed by atoms with Gasteiger partial charge in [-0.05, 0) is 43.8 Å². The van der Waals surface area contributed by atoms with Crippen LogP contribution in [-0.2, 0) is 12.7 Å². The van der Waals surface area contributed by atoms with Gasteiger partial charge < -0.3 is 4.42 Å². The SMILES string of the molecule is C[C@H](c1nnc(-c2ccc([N+](=O)[O-])cc2)o1)N(C)Cc1ccc(C(F)(F)F)cc1. The Morgan fingerprint density at radius 3 is 2.28 bits per heavy atom. The molecule has 1 heterocycles. The molecule has 0 aliphatic rings. The summed E-state index contributed by atoms with van der Waals surface area (Å²) in [6, 6.07) is 10.4. The highest BCUT2D eigenvalue weighted by atomic mass is 19.4. The average molecular weight is 406 g/mol. The summed E-state index contributed by atoms with van der Waals surface area (Å²) in [6.07, 6.45) is -4.37. The van der Waals surface area contributed by atoms with Crippen molar-refractivity contribution in [1.29, 1.82) is 0 Å². The van der Waals surface area contributed by atoms with E-state index in [1.54, 1.807) is 7.05 Å². The number of non-ortho nitro benzene ring substituents is 1. The van der Waals surface area contributed by atoms with Crippen LogP contribution in [0.25, 0.3) is 11.5 Å². The Morgan fingerprint density at radius 2 is 1.72 bits per heavy atom. The lowest BCUT2D eigenvalue weighted by Crippen LogP contribution is -2.22. The van der Waals surface area contributed by atoms with Crippen LogP contribution >= 0.6 is 0 Å². The van der Waals surface area contributed by atoms with E-state index in [-0.39, 0.29) is 17.6 Å². The molecule has 0 bridgehead atoms. The summed E-state index contributed by atoms with van der Waals surface area (Å²) in [7, 11) is 1.79. The van der Waals surface area contributed by atoms with Gasteiger partial charge in [-0.15, -0.1) is 10.2 Å². The minimum absolute atomic E-state index is 0.0434. The van der Waals surface area contributed by atoms with Gasteiger partial charge in [0.25, 0.3) is 5.69 Å². The molecule has 3 rings (SSSR count). The lowest BCUT2D eigenvalue weighted by Gasteiger charge is -2.22. The van der Waals surface area contributed by atoms with Crippen molar-refractivity contribution in [2.75, 3.05) is 7.05 Å². The molecular formula is C19H17F3N4O3. The second-order valence-electron chi connectivity index (χ2n) is 6.54. The molecule has 0 aliphatic carbocycles. The maximum absolute atomic E-state index is 12.7. The minimum atomic E-state index is -4.37.